The van der Waals surface area contributed by atoms with Crippen LogP contribution in [0.4, 0.5) is 11.4 Å². The number of rotatable bonds is 3. The minimum atomic E-state index is -0.155. The number of benzene rings is 2. The molecule has 0 aliphatic heterocycles. The number of anilines is 2. The quantitative estimate of drug-likeness (QED) is 0.704. The molecule has 5 heteroatoms. The number of carbonyl (C=O) groups is 1. The maximum Gasteiger partial charge on any atom is 0.256 e. The van der Waals surface area contributed by atoms with Gasteiger partial charge in [0.15, 0.2) is 0 Å². The third-order valence-corrected chi connectivity index (χ3v) is 4.30. The van der Waals surface area contributed by atoms with E-state index >= 15 is 0 Å². The molecule has 110 valence electrons. The standard InChI is InChI=1S/C16H16Br2N2O/c1-3-10-6-11(17)4-5-15(10)20-16(21)13-7-12(18)8-14(19)9(13)2/h4-8H,3,19H2,1-2H3,(H,20,21). The van der Waals surface area contributed by atoms with Crippen LogP contribution in [0.2, 0.25) is 0 Å². The van der Waals surface area contributed by atoms with Gasteiger partial charge in [-0.05, 0) is 54.8 Å². The van der Waals surface area contributed by atoms with Crippen LogP contribution in [-0.4, -0.2) is 5.91 Å². The molecule has 2 rings (SSSR count). The Morgan fingerprint density at radius 1 is 1.19 bits per heavy atom. The molecule has 0 aliphatic rings. The first kappa shape index (κ1) is 16.0. The van der Waals surface area contributed by atoms with Gasteiger partial charge in [-0.15, -0.1) is 0 Å². The number of halogens is 2. The van der Waals surface area contributed by atoms with E-state index in [1.165, 1.54) is 0 Å². The molecule has 0 aromatic heterocycles. The molecule has 2 aromatic carbocycles. The van der Waals surface area contributed by atoms with Crippen LogP contribution >= 0.6 is 31.9 Å². The van der Waals surface area contributed by atoms with Crippen LogP contribution in [-0.2, 0) is 6.42 Å². The summed E-state index contributed by atoms with van der Waals surface area (Å²) < 4.78 is 1.79. The fourth-order valence-corrected chi connectivity index (χ4v) is 2.99. The van der Waals surface area contributed by atoms with E-state index in [9.17, 15) is 4.79 Å². The summed E-state index contributed by atoms with van der Waals surface area (Å²) in [7, 11) is 0. The van der Waals surface area contributed by atoms with Crippen LogP contribution in [0.3, 0.4) is 0 Å². The Kier molecular flexibility index (Phi) is 5.06. The van der Waals surface area contributed by atoms with Crippen LogP contribution in [0, 0.1) is 6.92 Å². The molecule has 3 nitrogen and oxygen atoms in total. The van der Waals surface area contributed by atoms with Crippen molar-refractivity contribution in [2.45, 2.75) is 20.3 Å². The summed E-state index contributed by atoms with van der Waals surface area (Å²) in [4.78, 5) is 12.5. The van der Waals surface area contributed by atoms with E-state index in [4.69, 9.17) is 5.73 Å². The van der Waals surface area contributed by atoms with Gasteiger partial charge in [-0.3, -0.25) is 4.79 Å². The molecule has 1 amide bonds. The molecule has 0 atom stereocenters. The Balaban J connectivity index is 2.35. The number of hydrogen-bond donors (Lipinski definition) is 2. The maximum absolute atomic E-state index is 12.5. The van der Waals surface area contributed by atoms with Crippen LogP contribution in [0.1, 0.15) is 28.4 Å². The van der Waals surface area contributed by atoms with Crippen molar-refractivity contribution in [2.24, 2.45) is 0 Å². The average Bonchev–Trinajstić information content (AvgIpc) is 2.44. The molecule has 21 heavy (non-hydrogen) atoms. The molecule has 0 saturated heterocycles. The van der Waals surface area contributed by atoms with Crippen LogP contribution in [0.15, 0.2) is 39.3 Å². The normalized spacial score (nSPS) is 10.5. The number of hydrogen-bond acceptors (Lipinski definition) is 2. The fraction of sp³-hybridized carbons (Fsp3) is 0.188. The summed E-state index contributed by atoms with van der Waals surface area (Å²) in [5.74, 6) is -0.155. The molecule has 0 fully saturated rings. The number of carbonyl (C=O) groups excluding carboxylic acids is 1. The van der Waals surface area contributed by atoms with Gasteiger partial charge in [0, 0.05) is 25.9 Å². The highest BCUT2D eigenvalue weighted by Gasteiger charge is 2.14. The first-order valence-corrected chi connectivity index (χ1v) is 8.16. The van der Waals surface area contributed by atoms with E-state index in [-0.39, 0.29) is 5.91 Å². The van der Waals surface area contributed by atoms with E-state index in [1.807, 2.05) is 25.1 Å². The predicted molar refractivity (Wildman–Crippen MR) is 94.8 cm³/mol. The zero-order valence-corrected chi connectivity index (χ0v) is 15.0. The fourth-order valence-electron chi connectivity index (χ4n) is 2.10. The van der Waals surface area contributed by atoms with Crippen molar-refractivity contribution in [2.75, 3.05) is 11.1 Å². The highest BCUT2D eigenvalue weighted by Crippen LogP contribution is 2.26. The molecule has 0 spiro atoms. The molecular formula is C16H16Br2N2O. The number of nitrogens with two attached hydrogens (primary N) is 1. The van der Waals surface area contributed by atoms with Gasteiger partial charge in [-0.1, -0.05) is 38.8 Å². The van der Waals surface area contributed by atoms with E-state index < -0.39 is 0 Å². The zero-order chi connectivity index (χ0) is 15.6. The molecule has 0 heterocycles. The van der Waals surface area contributed by atoms with E-state index in [0.717, 1.165) is 32.2 Å². The molecule has 0 bridgehead atoms. The monoisotopic (exact) mass is 410 g/mol. The molecule has 0 aliphatic carbocycles. The molecule has 0 radical (unpaired) electrons. The molecule has 0 saturated carbocycles. The summed E-state index contributed by atoms with van der Waals surface area (Å²) in [5.41, 5.74) is 9.77. The topological polar surface area (TPSA) is 55.1 Å². The van der Waals surface area contributed by atoms with Crippen molar-refractivity contribution >= 4 is 49.1 Å². The second-order valence-corrected chi connectivity index (χ2v) is 6.61. The number of nitrogens with one attached hydrogen (secondary N) is 1. The van der Waals surface area contributed by atoms with E-state index in [2.05, 4.69) is 44.1 Å². The van der Waals surface area contributed by atoms with Crippen molar-refractivity contribution in [3.05, 3.63) is 56.0 Å². The number of nitrogen functional groups attached to an aromatic ring is 1. The zero-order valence-electron chi connectivity index (χ0n) is 11.8. The Morgan fingerprint density at radius 3 is 2.57 bits per heavy atom. The predicted octanol–water partition coefficient (Wildman–Crippen LogP) is 4.92. The summed E-state index contributed by atoms with van der Waals surface area (Å²) >= 11 is 6.82. The molecular weight excluding hydrogens is 396 g/mol. The Labute approximate surface area is 141 Å². The van der Waals surface area contributed by atoms with Gasteiger partial charge in [0.25, 0.3) is 5.91 Å². The Hall–Kier alpha value is -1.33. The van der Waals surface area contributed by atoms with Crippen molar-refractivity contribution in [1.29, 1.82) is 0 Å². The smallest absolute Gasteiger partial charge is 0.256 e. The van der Waals surface area contributed by atoms with E-state index in [1.54, 1.807) is 12.1 Å². The lowest BCUT2D eigenvalue weighted by Gasteiger charge is -2.13. The van der Waals surface area contributed by atoms with Crippen molar-refractivity contribution in [3.8, 4) is 0 Å². The Morgan fingerprint density at radius 2 is 1.90 bits per heavy atom. The van der Waals surface area contributed by atoms with Gasteiger partial charge < -0.3 is 11.1 Å². The summed E-state index contributed by atoms with van der Waals surface area (Å²) in [5, 5.41) is 2.96. The average molecular weight is 412 g/mol. The van der Waals surface area contributed by atoms with Crippen LogP contribution in [0.25, 0.3) is 0 Å². The summed E-state index contributed by atoms with van der Waals surface area (Å²) in [6.45, 7) is 3.90. The lowest BCUT2D eigenvalue weighted by molar-refractivity contribution is 0.102. The first-order chi connectivity index (χ1) is 9.92. The second kappa shape index (κ2) is 6.62. The minimum Gasteiger partial charge on any atom is -0.398 e. The first-order valence-electron chi connectivity index (χ1n) is 6.57. The summed E-state index contributed by atoms with van der Waals surface area (Å²) in [6, 6.07) is 9.40. The Bertz CT molecular complexity index is 699. The van der Waals surface area contributed by atoms with E-state index in [0.29, 0.717) is 11.3 Å². The summed E-state index contributed by atoms with van der Waals surface area (Å²) in [6.07, 6.45) is 0.842. The van der Waals surface area contributed by atoms with Gasteiger partial charge in [0.05, 0.1) is 0 Å². The minimum absolute atomic E-state index is 0.155. The largest absolute Gasteiger partial charge is 0.398 e. The third-order valence-electron chi connectivity index (χ3n) is 3.35. The molecule has 2 aromatic rings. The van der Waals surface area contributed by atoms with Gasteiger partial charge in [-0.2, -0.15) is 0 Å². The number of aryl methyl sites for hydroxylation is 1. The maximum atomic E-state index is 12.5. The van der Waals surface area contributed by atoms with Gasteiger partial charge in [0.1, 0.15) is 0 Å². The lowest BCUT2D eigenvalue weighted by Crippen LogP contribution is -2.15. The molecule has 0 unspecified atom stereocenters. The number of amides is 1. The van der Waals surface area contributed by atoms with Crippen LogP contribution in [0.5, 0.6) is 0 Å². The van der Waals surface area contributed by atoms with Gasteiger partial charge in [-0.25, -0.2) is 0 Å². The van der Waals surface area contributed by atoms with Crippen molar-refractivity contribution in [3.63, 3.8) is 0 Å². The van der Waals surface area contributed by atoms with Crippen molar-refractivity contribution in [1.82, 2.24) is 0 Å². The second-order valence-electron chi connectivity index (χ2n) is 4.78. The van der Waals surface area contributed by atoms with Gasteiger partial charge >= 0.3 is 0 Å². The van der Waals surface area contributed by atoms with Crippen molar-refractivity contribution < 1.29 is 4.79 Å². The highest BCUT2D eigenvalue weighted by molar-refractivity contribution is 9.10. The van der Waals surface area contributed by atoms with Crippen LogP contribution < -0.4 is 11.1 Å². The third kappa shape index (κ3) is 3.66. The molecule has 3 N–H and O–H groups in total. The highest BCUT2D eigenvalue weighted by atomic mass is 79.9. The SMILES string of the molecule is CCc1cc(Br)ccc1NC(=O)c1cc(Br)cc(N)c1C. The van der Waals surface area contributed by atoms with Gasteiger partial charge in [0.2, 0.25) is 0 Å². The lowest BCUT2D eigenvalue weighted by atomic mass is 10.1.